The molecule has 0 aromatic carbocycles. The van der Waals surface area contributed by atoms with E-state index in [9.17, 15) is 0 Å². The summed E-state index contributed by atoms with van der Waals surface area (Å²) in [6, 6.07) is 20.1. The number of rotatable bonds is 3. The summed E-state index contributed by atoms with van der Waals surface area (Å²) in [5.41, 5.74) is 10.1. The highest BCUT2D eigenvalue weighted by molar-refractivity contribution is 5.62. The second kappa shape index (κ2) is 14.0. The van der Waals surface area contributed by atoms with Crippen LogP contribution in [0.1, 0.15) is 16.7 Å². The van der Waals surface area contributed by atoms with Gasteiger partial charge in [0.2, 0.25) is 0 Å². The number of aryl methyl sites for hydroxylation is 3. The van der Waals surface area contributed by atoms with Crippen LogP contribution in [0.2, 0.25) is 0 Å². The zero-order chi connectivity index (χ0) is 27.3. The molecule has 0 aliphatic rings. The number of aromatic nitrogens is 6. The molecule has 6 rings (SSSR count). The Morgan fingerprint density at radius 3 is 1.49 bits per heavy atom. The highest BCUT2D eigenvalue weighted by Crippen LogP contribution is 2.18. The quantitative estimate of drug-likeness (QED) is 0.248. The SMILES string of the molecule is Cc1cncc(-c2ccccn2)c1.Cc1cncc(-c2cccnc2)c1.Cc1cncc(-c2ccncc2)c1. The Morgan fingerprint density at radius 2 is 0.949 bits per heavy atom. The summed E-state index contributed by atoms with van der Waals surface area (Å²) >= 11 is 0. The average molecular weight is 511 g/mol. The first-order valence-corrected chi connectivity index (χ1v) is 12.6. The molecule has 6 nitrogen and oxygen atoms in total. The van der Waals surface area contributed by atoms with Crippen LogP contribution in [-0.4, -0.2) is 29.9 Å². The van der Waals surface area contributed by atoms with E-state index in [2.05, 4.69) is 48.1 Å². The maximum atomic E-state index is 4.25. The van der Waals surface area contributed by atoms with E-state index in [1.165, 1.54) is 11.1 Å². The van der Waals surface area contributed by atoms with Gasteiger partial charge in [0.15, 0.2) is 0 Å². The van der Waals surface area contributed by atoms with E-state index in [0.717, 1.165) is 39.1 Å². The summed E-state index contributed by atoms with van der Waals surface area (Å²) in [7, 11) is 0. The summed E-state index contributed by atoms with van der Waals surface area (Å²) < 4.78 is 0. The second-order valence-electron chi connectivity index (χ2n) is 8.95. The molecule has 0 N–H and O–H groups in total. The third-order valence-corrected chi connectivity index (χ3v) is 5.59. The van der Waals surface area contributed by atoms with E-state index in [1.54, 1.807) is 24.8 Å². The van der Waals surface area contributed by atoms with Crippen molar-refractivity contribution in [2.24, 2.45) is 0 Å². The largest absolute Gasteiger partial charge is 0.265 e. The van der Waals surface area contributed by atoms with Crippen molar-refractivity contribution < 1.29 is 0 Å². The fourth-order valence-electron chi connectivity index (χ4n) is 3.73. The van der Waals surface area contributed by atoms with E-state index in [0.29, 0.717) is 0 Å². The Hall–Kier alpha value is -5.10. The lowest BCUT2D eigenvalue weighted by atomic mass is 10.1. The van der Waals surface area contributed by atoms with Gasteiger partial charge in [-0.1, -0.05) is 12.1 Å². The zero-order valence-corrected chi connectivity index (χ0v) is 22.3. The Kier molecular flexibility index (Phi) is 9.67. The lowest BCUT2D eigenvalue weighted by Crippen LogP contribution is -1.84. The van der Waals surface area contributed by atoms with Crippen molar-refractivity contribution in [1.82, 2.24) is 29.9 Å². The Balaban J connectivity index is 0.000000136. The minimum absolute atomic E-state index is 0.971. The molecule has 0 aliphatic carbocycles. The lowest BCUT2D eigenvalue weighted by Gasteiger charge is -2.00. The number of nitrogens with zero attached hydrogens (tertiary/aromatic N) is 6. The van der Waals surface area contributed by atoms with E-state index in [4.69, 9.17) is 0 Å². The fourth-order valence-corrected chi connectivity index (χ4v) is 3.73. The minimum atomic E-state index is 0.971. The molecule has 6 heterocycles. The molecule has 0 amide bonds. The van der Waals surface area contributed by atoms with Gasteiger partial charge in [0.05, 0.1) is 5.69 Å². The minimum Gasteiger partial charge on any atom is -0.265 e. The molecule has 0 unspecified atom stereocenters. The molecule has 0 aliphatic heterocycles. The smallest absolute Gasteiger partial charge is 0.0717 e. The Morgan fingerprint density at radius 1 is 0.385 bits per heavy atom. The maximum absolute atomic E-state index is 4.25. The van der Waals surface area contributed by atoms with Crippen molar-refractivity contribution >= 4 is 0 Å². The first kappa shape index (κ1) is 26.9. The monoisotopic (exact) mass is 510 g/mol. The van der Waals surface area contributed by atoms with E-state index >= 15 is 0 Å². The van der Waals surface area contributed by atoms with Gasteiger partial charge >= 0.3 is 0 Å². The summed E-state index contributed by atoms with van der Waals surface area (Å²) in [5.74, 6) is 0. The molecule has 0 radical (unpaired) electrons. The highest BCUT2D eigenvalue weighted by Gasteiger charge is 1.98. The molecular weight excluding hydrogens is 480 g/mol. The average Bonchev–Trinajstić information content (AvgIpc) is 2.99. The van der Waals surface area contributed by atoms with Crippen LogP contribution in [0.25, 0.3) is 33.5 Å². The molecule has 0 spiro atoms. The van der Waals surface area contributed by atoms with Gasteiger partial charge in [-0.05, 0) is 91.6 Å². The third-order valence-electron chi connectivity index (χ3n) is 5.59. The van der Waals surface area contributed by atoms with Crippen LogP contribution >= 0.6 is 0 Å². The van der Waals surface area contributed by atoms with Crippen LogP contribution in [-0.2, 0) is 0 Å². The summed E-state index contributed by atoms with van der Waals surface area (Å²) in [6.45, 7) is 6.10. The van der Waals surface area contributed by atoms with Crippen molar-refractivity contribution in [3.05, 3.63) is 146 Å². The van der Waals surface area contributed by atoms with Gasteiger partial charge in [-0.15, -0.1) is 0 Å². The molecular formula is C33H30N6. The van der Waals surface area contributed by atoms with Crippen molar-refractivity contribution in [3.63, 3.8) is 0 Å². The van der Waals surface area contributed by atoms with Gasteiger partial charge in [-0.2, -0.15) is 0 Å². The predicted molar refractivity (Wildman–Crippen MR) is 157 cm³/mol. The molecule has 39 heavy (non-hydrogen) atoms. The van der Waals surface area contributed by atoms with Crippen LogP contribution in [0, 0.1) is 20.8 Å². The molecule has 0 saturated heterocycles. The summed E-state index contributed by atoms with van der Waals surface area (Å²) in [6.07, 6.45) is 20.1. The molecule has 192 valence electrons. The van der Waals surface area contributed by atoms with Crippen LogP contribution in [0.3, 0.4) is 0 Å². The van der Waals surface area contributed by atoms with E-state index in [1.807, 2.05) is 107 Å². The van der Waals surface area contributed by atoms with Crippen molar-refractivity contribution in [2.75, 3.05) is 0 Å². The summed E-state index contributed by atoms with van der Waals surface area (Å²) in [5, 5.41) is 0. The predicted octanol–water partition coefficient (Wildman–Crippen LogP) is 7.36. The first-order valence-electron chi connectivity index (χ1n) is 12.6. The van der Waals surface area contributed by atoms with Gasteiger partial charge in [-0.25, -0.2) is 0 Å². The van der Waals surface area contributed by atoms with Crippen LogP contribution < -0.4 is 0 Å². The number of hydrogen-bond acceptors (Lipinski definition) is 6. The van der Waals surface area contributed by atoms with Gasteiger partial charge in [0, 0.05) is 90.4 Å². The van der Waals surface area contributed by atoms with Gasteiger partial charge in [-0.3, -0.25) is 29.9 Å². The van der Waals surface area contributed by atoms with Crippen LogP contribution in [0.4, 0.5) is 0 Å². The lowest BCUT2D eigenvalue weighted by molar-refractivity contribution is 1.24. The van der Waals surface area contributed by atoms with Gasteiger partial charge in [0.25, 0.3) is 0 Å². The fraction of sp³-hybridized carbons (Fsp3) is 0.0909. The second-order valence-corrected chi connectivity index (χ2v) is 8.95. The maximum Gasteiger partial charge on any atom is 0.0717 e. The molecule has 0 atom stereocenters. The standard InChI is InChI=1S/3C11H10N2/c1-9-6-11(8-13-7-9)10-2-4-12-5-3-10;1-9-5-11(8-13-6-9)10-3-2-4-12-7-10;1-9-6-10(8-12-7-9)11-4-2-3-5-13-11/h3*2-8H,1H3. The van der Waals surface area contributed by atoms with Crippen molar-refractivity contribution in [3.8, 4) is 33.5 Å². The van der Waals surface area contributed by atoms with Crippen LogP contribution in [0.15, 0.2) is 129 Å². The van der Waals surface area contributed by atoms with Crippen LogP contribution in [0.5, 0.6) is 0 Å². The van der Waals surface area contributed by atoms with Gasteiger partial charge in [0.1, 0.15) is 0 Å². The topological polar surface area (TPSA) is 77.3 Å². The molecule has 0 saturated carbocycles. The molecule has 0 bridgehead atoms. The van der Waals surface area contributed by atoms with E-state index in [-0.39, 0.29) is 0 Å². The molecule has 0 fully saturated rings. The molecule has 6 aromatic rings. The normalized spacial score (nSPS) is 9.92. The van der Waals surface area contributed by atoms with Gasteiger partial charge < -0.3 is 0 Å². The summed E-state index contributed by atoms with van der Waals surface area (Å²) in [4.78, 5) is 24.7. The Labute approximate surface area is 229 Å². The zero-order valence-electron chi connectivity index (χ0n) is 22.3. The third kappa shape index (κ3) is 8.47. The first-order chi connectivity index (χ1) is 19.1. The van der Waals surface area contributed by atoms with E-state index < -0.39 is 0 Å². The number of hydrogen-bond donors (Lipinski definition) is 0. The molecule has 6 heteroatoms. The Bertz CT molecular complexity index is 1380. The van der Waals surface area contributed by atoms with Crippen molar-refractivity contribution in [1.29, 1.82) is 0 Å². The molecule has 6 aromatic heterocycles. The number of pyridine rings is 6. The van der Waals surface area contributed by atoms with Crippen molar-refractivity contribution in [2.45, 2.75) is 20.8 Å². The highest BCUT2D eigenvalue weighted by atomic mass is 14.7.